The topological polar surface area (TPSA) is 23.5 Å². The number of hydrogen-bond acceptors (Lipinski definition) is 2. The molecule has 0 saturated heterocycles. The quantitative estimate of drug-likeness (QED) is 0.757. The average molecular weight is 327 g/mol. The van der Waals surface area contributed by atoms with Crippen molar-refractivity contribution in [1.29, 1.82) is 0 Å². The molecule has 0 radical (unpaired) electrons. The largest absolute Gasteiger partial charge is 0.392 e. The van der Waals surface area contributed by atoms with Crippen molar-refractivity contribution in [2.75, 3.05) is 19.6 Å². The Balaban J connectivity index is 1.57. The van der Waals surface area contributed by atoms with Gasteiger partial charge in [0.2, 0.25) is 0 Å². The Morgan fingerprint density at radius 2 is 1.62 bits per heavy atom. The van der Waals surface area contributed by atoms with Crippen molar-refractivity contribution in [2.24, 2.45) is 5.92 Å². The standard InChI is InChI=1S/C21H26FNO/c22-21-19(7-4-8-20(21)16-24)12-14-23(15-18-9-10-18)13-11-17-5-2-1-3-6-17/h1-8,18,24H,9-16H2. The lowest BCUT2D eigenvalue weighted by atomic mass is 10.1. The fraction of sp³-hybridized carbons (Fsp3) is 0.429. The van der Waals surface area contributed by atoms with Gasteiger partial charge >= 0.3 is 0 Å². The van der Waals surface area contributed by atoms with Crippen LogP contribution in [0, 0.1) is 11.7 Å². The van der Waals surface area contributed by atoms with Gasteiger partial charge in [0.1, 0.15) is 5.82 Å². The molecule has 0 heterocycles. The second-order valence-electron chi connectivity index (χ2n) is 6.78. The van der Waals surface area contributed by atoms with E-state index in [-0.39, 0.29) is 12.4 Å². The van der Waals surface area contributed by atoms with Crippen LogP contribution < -0.4 is 0 Å². The Morgan fingerprint density at radius 3 is 2.33 bits per heavy atom. The SMILES string of the molecule is OCc1cccc(CCN(CCc2ccccc2)CC2CC2)c1F. The lowest BCUT2D eigenvalue weighted by Gasteiger charge is -2.22. The van der Waals surface area contributed by atoms with Crippen LogP contribution >= 0.6 is 0 Å². The molecule has 0 bridgehead atoms. The third-order valence-electron chi connectivity index (χ3n) is 4.80. The van der Waals surface area contributed by atoms with E-state index in [1.807, 2.05) is 18.2 Å². The summed E-state index contributed by atoms with van der Waals surface area (Å²) in [5.74, 6) is 0.587. The molecule has 2 nitrogen and oxygen atoms in total. The molecule has 0 amide bonds. The van der Waals surface area contributed by atoms with Crippen LogP contribution in [0.2, 0.25) is 0 Å². The lowest BCUT2D eigenvalue weighted by Crippen LogP contribution is -2.30. The van der Waals surface area contributed by atoms with Crippen molar-refractivity contribution in [3.05, 3.63) is 71.0 Å². The van der Waals surface area contributed by atoms with E-state index in [9.17, 15) is 9.50 Å². The minimum Gasteiger partial charge on any atom is -0.392 e. The van der Waals surface area contributed by atoms with Gasteiger partial charge < -0.3 is 10.0 Å². The van der Waals surface area contributed by atoms with Gasteiger partial charge in [-0.3, -0.25) is 0 Å². The van der Waals surface area contributed by atoms with Gasteiger partial charge in [-0.25, -0.2) is 4.39 Å². The second kappa shape index (κ2) is 8.41. The van der Waals surface area contributed by atoms with Gasteiger partial charge in [0, 0.05) is 25.2 Å². The molecule has 3 heteroatoms. The van der Waals surface area contributed by atoms with Crippen LogP contribution in [0.25, 0.3) is 0 Å². The molecule has 128 valence electrons. The van der Waals surface area contributed by atoms with Crippen molar-refractivity contribution < 1.29 is 9.50 Å². The predicted molar refractivity (Wildman–Crippen MR) is 95.3 cm³/mol. The summed E-state index contributed by atoms with van der Waals surface area (Å²) < 4.78 is 14.3. The van der Waals surface area contributed by atoms with Gasteiger partial charge in [0.15, 0.2) is 0 Å². The first-order chi connectivity index (χ1) is 11.8. The molecule has 1 N–H and O–H groups in total. The maximum atomic E-state index is 14.3. The van der Waals surface area contributed by atoms with Gasteiger partial charge in [0.05, 0.1) is 6.61 Å². The molecule has 3 rings (SSSR count). The van der Waals surface area contributed by atoms with Crippen LogP contribution in [0.3, 0.4) is 0 Å². The van der Waals surface area contributed by atoms with Crippen molar-refractivity contribution in [2.45, 2.75) is 32.3 Å². The smallest absolute Gasteiger partial charge is 0.131 e. The molecule has 0 aromatic heterocycles. The molecule has 2 aromatic carbocycles. The molecule has 24 heavy (non-hydrogen) atoms. The maximum Gasteiger partial charge on any atom is 0.131 e. The Morgan fingerprint density at radius 1 is 0.917 bits per heavy atom. The third kappa shape index (κ3) is 4.89. The summed E-state index contributed by atoms with van der Waals surface area (Å²) in [6.45, 7) is 2.77. The molecule has 0 unspecified atom stereocenters. The number of halogens is 1. The molecular weight excluding hydrogens is 301 g/mol. The van der Waals surface area contributed by atoms with Crippen LogP contribution in [0.5, 0.6) is 0 Å². The van der Waals surface area contributed by atoms with Gasteiger partial charge in [-0.2, -0.15) is 0 Å². The summed E-state index contributed by atoms with van der Waals surface area (Å²) in [5, 5.41) is 9.21. The molecule has 1 saturated carbocycles. The number of rotatable bonds is 9. The summed E-state index contributed by atoms with van der Waals surface area (Å²) in [7, 11) is 0. The number of hydrogen-bond donors (Lipinski definition) is 1. The van der Waals surface area contributed by atoms with Crippen molar-refractivity contribution in [3.8, 4) is 0 Å². The van der Waals surface area contributed by atoms with Crippen LogP contribution in [0.4, 0.5) is 4.39 Å². The minimum atomic E-state index is -0.241. The van der Waals surface area contributed by atoms with Gasteiger partial charge in [0.25, 0.3) is 0 Å². The summed E-state index contributed by atoms with van der Waals surface area (Å²) in [5.41, 5.74) is 2.46. The van der Waals surface area contributed by atoms with E-state index in [4.69, 9.17) is 0 Å². The number of aliphatic hydroxyl groups is 1. The molecule has 0 aliphatic heterocycles. The summed E-state index contributed by atoms with van der Waals surface area (Å²) in [6, 6.07) is 15.9. The Hall–Kier alpha value is -1.71. The Bertz CT molecular complexity index is 640. The zero-order chi connectivity index (χ0) is 16.8. The summed E-state index contributed by atoms with van der Waals surface area (Å²) >= 11 is 0. The third-order valence-corrected chi connectivity index (χ3v) is 4.80. The number of benzene rings is 2. The fourth-order valence-electron chi connectivity index (χ4n) is 3.12. The Labute approximate surface area is 143 Å². The van der Waals surface area contributed by atoms with Gasteiger partial charge in [-0.05, 0) is 42.7 Å². The second-order valence-corrected chi connectivity index (χ2v) is 6.78. The number of aliphatic hydroxyl groups excluding tert-OH is 1. The molecule has 1 fully saturated rings. The first-order valence-corrected chi connectivity index (χ1v) is 8.89. The minimum absolute atomic E-state index is 0.237. The van der Waals surface area contributed by atoms with Crippen LogP contribution in [0.15, 0.2) is 48.5 Å². The van der Waals surface area contributed by atoms with E-state index in [0.29, 0.717) is 17.5 Å². The first kappa shape index (κ1) is 17.1. The highest BCUT2D eigenvalue weighted by molar-refractivity contribution is 5.25. The van der Waals surface area contributed by atoms with Crippen LogP contribution in [-0.2, 0) is 19.4 Å². The van der Waals surface area contributed by atoms with Crippen molar-refractivity contribution in [3.63, 3.8) is 0 Å². The molecule has 1 aliphatic rings. The predicted octanol–water partition coefficient (Wildman–Crippen LogP) is 3.82. The molecule has 2 aromatic rings. The highest BCUT2D eigenvalue weighted by Gasteiger charge is 2.24. The highest BCUT2D eigenvalue weighted by atomic mass is 19.1. The van der Waals surface area contributed by atoms with Gasteiger partial charge in [-0.15, -0.1) is 0 Å². The van der Waals surface area contributed by atoms with Crippen LogP contribution in [0.1, 0.15) is 29.5 Å². The zero-order valence-electron chi connectivity index (χ0n) is 14.1. The zero-order valence-corrected chi connectivity index (χ0v) is 14.1. The normalized spacial score (nSPS) is 14.3. The molecule has 0 atom stereocenters. The van der Waals surface area contributed by atoms with E-state index in [1.54, 1.807) is 6.07 Å². The fourth-order valence-corrected chi connectivity index (χ4v) is 3.12. The monoisotopic (exact) mass is 327 g/mol. The van der Waals surface area contributed by atoms with Crippen molar-refractivity contribution in [1.82, 2.24) is 4.90 Å². The first-order valence-electron chi connectivity index (χ1n) is 8.89. The Kier molecular flexibility index (Phi) is 6.00. The summed E-state index contributed by atoms with van der Waals surface area (Å²) in [4.78, 5) is 2.47. The maximum absolute atomic E-state index is 14.3. The van der Waals surface area contributed by atoms with Crippen LogP contribution in [-0.4, -0.2) is 29.6 Å². The molecule has 0 spiro atoms. The van der Waals surface area contributed by atoms with Gasteiger partial charge in [-0.1, -0.05) is 48.5 Å². The molecule has 1 aliphatic carbocycles. The lowest BCUT2D eigenvalue weighted by molar-refractivity contribution is 0.265. The van der Waals surface area contributed by atoms with Crippen molar-refractivity contribution >= 4 is 0 Å². The van der Waals surface area contributed by atoms with E-state index < -0.39 is 0 Å². The van der Waals surface area contributed by atoms with E-state index >= 15 is 0 Å². The number of nitrogens with zero attached hydrogens (tertiary/aromatic N) is 1. The highest BCUT2D eigenvalue weighted by Crippen LogP contribution is 2.30. The average Bonchev–Trinajstić information content (AvgIpc) is 3.43. The summed E-state index contributed by atoms with van der Waals surface area (Å²) in [6.07, 6.45) is 4.39. The van der Waals surface area contributed by atoms with E-state index in [1.165, 1.54) is 18.4 Å². The van der Waals surface area contributed by atoms with E-state index in [2.05, 4.69) is 29.2 Å². The molecular formula is C21H26FNO. The van der Waals surface area contributed by atoms with E-state index in [0.717, 1.165) is 32.0 Å².